The predicted octanol–water partition coefficient (Wildman–Crippen LogP) is 3.59. The number of para-hydroxylation sites is 1. The summed E-state index contributed by atoms with van der Waals surface area (Å²) >= 11 is 0. The van der Waals surface area contributed by atoms with Crippen molar-refractivity contribution in [3.8, 4) is 22.7 Å². The molecule has 168 valence electrons. The molecule has 0 aliphatic rings. The first kappa shape index (κ1) is 22.3. The number of nitrogens with one attached hydrogen (secondary N) is 1. The minimum absolute atomic E-state index is 0.322. The van der Waals surface area contributed by atoms with Crippen LogP contribution in [0.4, 0.5) is 5.69 Å². The summed E-state index contributed by atoms with van der Waals surface area (Å²) in [6, 6.07) is 23.3. The molecule has 0 aliphatic heterocycles. The van der Waals surface area contributed by atoms with Gasteiger partial charge >= 0.3 is 0 Å². The maximum Gasteiger partial charge on any atom is 0.259 e. The Morgan fingerprint density at radius 1 is 1.03 bits per heavy atom. The van der Waals surface area contributed by atoms with Crippen molar-refractivity contribution < 1.29 is 17.9 Å². The van der Waals surface area contributed by atoms with Gasteiger partial charge in [-0.15, -0.1) is 0 Å². The standard InChI is InChI=1S/C24H22N4O4S/c1-32-21-12-6-8-18(14-21)23-22(15-28(27-23)20-10-3-2-4-11-20)24(29)26-19-9-5-7-17(13-19)16-33(25,30)31/h2-15H,16H2,1H3,(H,26,29)(H2,25,30,31). The highest BCUT2D eigenvalue weighted by Gasteiger charge is 2.19. The zero-order chi connectivity index (χ0) is 23.4. The lowest BCUT2D eigenvalue weighted by Gasteiger charge is -2.08. The number of methoxy groups -OCH3 is 1. The van der Waals surface area contributed by atoms with E-state index < -0.39 is 10.0 Å². The number of rotatable bonds is 7. The summed E-state index contributed by atoms with van der Waals surface area (Å²) in [6.07, 6.45) is 1.66. The molecule has 0 atom stereocenters. The molecule has 0 fully saturated rings. The van der Waals surface area contributed by atoms with Crippen molar-refractivity contribution in [2.75, 3.05) is 12.4 Å². The zero-order valence-electron chi connectivity index (χ0n) is 17.8. The Labute approximate surface area is 191 Å². The van der Waals surface area contributed by atoms with Crippen LogP contribution < -0.4 is 15.2 Å². The van der Waals surface area contributed by atoms with Crippen LogP contribution in [-0.4, -0.2) is 31.2 Å². The number of carbonyl (C=O) groups excluding carboxylic acids is 1. The van der Waals surface area contributed by atoms with Gasteiger partial charge in [0.25, 0.3) is 5.91 Å². The van der Waals surface area contributed by atoms with Crippen molar-refractivity contribution in [1.29, 1.82) is 0 Å². The summed E-state index contributed by atoms with van der Waals surface area (Å²) in [5.74, 6) is -0.0656. The molecule has 0 spiro atoms. The Hall–Kier alpha value is -3.95. The van der Waals surface area contributed by atoms with Crippen LogP contribution in [0.1, 0.15) is 15.9 Å². The number of nitrogens with two attached hydrogens (primary N) is 1. The number of benzene rings is 3. The molecule has 1 amide bonds. The molecule has 0 bridgehead atoms. The van der Waals surface area contributed by atoms with Crippen LogP contribution in [0.2, 0.25) is 0 Å². The number of hydrogen-bond donors (Lipinski definition) is 2. The lowest BCUT2D eigenvalue weighted by Crippen LogP contribution is -2.15. The molecule has 3 N–H and O–H groups in total. The number of primary sulfonamides is 1. The van der Waals surface area contributed by atoms with Crippen LogP contribution in [-0.2, 0) is 15.8 Å². The topological polar surface area (TPSA) is 116 Å². The number of nitrogens with zero attached hydrogens (tertiary/aromatic N) is 2. The molecule has 8 nitrogen and oxygen atoms in total. The lowest BCUT2D eigenvalue weighted by atomic mass is 10.1. The van der Waals surface area contributed by atoms with E-state index in [0.717, 1.165) is 11.3 Å². The van der Waals surface area contributed by atoms with E-state index in [1.54, 1.807) is 48.3 Å². The number of carbonyl (C=O) groups is 1. The first-order chi connectivity index (χ1) is 15.8. The van der Waals surface area contributed by atoms with Crippen molar-refractivity contribution in [3.05, 3.63) is 96.2 Å². The quantitative estimate of drug-likeness (QED) is 0.435. The smallest absolute Gasteiger partial charge is 0.259 e. The van der Waals surface area contributed by atoms with Gasteiger partial charge in [0.05, 0.1) is 24.1 Å². The summed E-state index contributed by atoms with van der Waals surface area (Å²) in [7, 11) is -2.12. The normalized spacial score (nSPS) is 11.2. The summed E-state index contributed by atoms with van der Waals surface area (Å²) in [6.45, 7) is 0. The Kier molecular flexibility index (Phi) is 6.25. The number of amides is 1. The minimum Gasteiger partial charge on any atom is -0.497 e. The van der Waals surface area contributed by atoms with Gasteiger partial charge in [0.2, 0.25) is 10.0 Å². The average Bonchev–Trinajstić information content (AvgIpc) is 3.25. The van der Waals surface area contributed by atoms with Crippen LogP contribution in [0.15, 0.2) is 85.1 Å². The highest BCUT2D eigenvalue weighted by molar-refractivity contribution is 7.88. The van der Waals surface area contributed by atoms with Crippen molar-refractivity contribution in [3.63, 3.8) is 0 Å². The maximum absolute atomic E-state index is 13.3. The molecular formula is C24H22N4O4S. The molecule has 0 unspecified atom stereocenters. The van der Waals surface area contributed by atoms with Crippen LogP contribution in [0.25, 0.3) is 16.9 Å². The molecule has 3 aromatic carbocycles. The summed E-state index contributed by atoms with van der Waals surface area (Å²) in [5.41, 5.74) is 3.28. The van der Waals surface area contributed by atoms with E-state index in [1.807, 2.05) is 48.5 Å². The van der Waals surface area contributed by atoms with Crippen LogP contribution >= 0.6 is 0 Å². The van der Waals surface area contributed by atoms with E-state index in [9.17, 15) is 13.2 Å². The highest BCUT2D eigenvalue weighted by atomic mass is 32.2. The van der Waals surface area contributed by atoms with Gasteiger partial charge in [-0.1, -0.05) is 42.5 Å². The third-order valence-corrected chi connectivity index (χ3v) is 5.61. The molecule has 4 rings (SSSR count). The number of sulfonamides is 1. The van der Waals surface area contributed by atoms with E-state index in [4.69, 9.17) is 9.88 Å². The van der Waals surface area contributed by atoms with Gasteiger partial charge in [0.1, 0.15) is 11.4 Å². The molecule has 0 aliphatic carbocycles. The number of ether oxygens (including phenoxy) is 1. The minimum atomic E-state index is -3.69. The zero-order valence-corrected chi connectivity index (χ0v) is 18.6. The van der Waals surface area contributed by atoms with Crippen molar-refractivity contribution >= 4 is 21.6 Å². The van der Waals surface area contributed by atoms with Crippen molar-refractivity contribution in [2.45, 2.75) is 5.75 Å². The molecule has 1 heterocycles. The predicted molar refractivity (Wildman–Crippen MR) is 127 cm³/mol. The molecule has 0 radical (unpaired) electrons. The molecule has 4 aromatic rings. The summed E-state index contributed by atoms with van der Waals surface area (Å²) in [4.78, 5) is 13.3. The van der Waals surface area contributed by atoms with Gasteiger partial charge < -0.3 is 10.1 Å². The molecule has 33 heavy (non-hydrogen) atoms. The van der Waals surface area contributed by atoms with Gasteiger partial charge in [0.15, 0.2) is 0 Å². The van der Waals surface area contributed by atoms with Crippen LogP contribution in [0.3, 0.4) is 0 Å². The largest absolute Gasteiger partial charge is 0.497 e. The highest BCUT2D eigenvalue weighted by Crippen LogP contribution is 2.28. The van der Waals surface area contributed by atoms with E-state index in [1.165, 1.54) is 0 Å². The van der Waals surface area contributed by atoms with E-state index in [-0.39, 0.29) is 11.7 Å². The van der Waals surface area contributed by atoms with Gasteiger partial charge in [-0.2, -0.15) is 5.10 Å². The third kappa shape index (κ3) is 5.46. The lowest BCUT2D eigenvalue weighted by molar-refractivity contribution is 0.102. The van der Waals surface area contributed by atoms with Gasteiger partial charge in [-0.3, -0.25) is 4.79 Å². The Balaban J connectivity index is 1.72. The van der Waals surface area contributed by atoms with Crippen LogP contribution in [0.5, 0.6) is 5.75 Å². The SMILES string of the molecule is COc1cccc(-c2nn(-c3ccccc3)cc2C(=O)Nc2cccc(CS(N)(=O)=O)c2)c1. The third-order valence-electron chi connectivity index (χ3n) is 4.88. The number of anilines is 1. The van der Waals surface area contributed by atoms with Gasteiger partial charge in [-0.05, 0) is 42.0 Å². The Morgan fingerprint density at radius 3 is 2.52 bits per heavy atom. The maximum atomic E-state index is 13.3. The fourth-order valence-corrected chi connectivity index (χ4v) is 4.05. The number of aromatic nitrogens is 2. The first-order valence-electron chi connectivity index (χ1n) is 10.0. The van der Waals surface area contributed by atoms with Crippen molar-refractivity contribution in [2.24, 2.45) is 5.14 Å². The van der Waals surface area contributed by atoms with Gasteiger partial charge in [0, 0.05) is 17.4 Å². The average molecular weight is 463 g/mol. The second-order valence-corrected chi connectivity index (χ2v) is 8.98. The summed E-state index contributed by atoms with van der Waals surface area (Å²) < 4.78 is 29.8. The Bertz CT molecular complexity index is 1400. The second-order valence-electron chi connectivity index (χ2n) is 7.37. The summed E-state index contributed by atoms with van der Waals surface area (Å²) in [5, 5.41) is 12.6. The van der Waals surface area contributed by atoms with Gasteiger partial charge in [-0.25, -0.2) is 18.2 Å². The van der Waals surface area contributed by atoms with Crippen LogP contribution in [0, 0.1) is 0 Å². The molecule has 1 aromatic heterocycles. The van der Waals surface area contributed by atoms with Crippen molar-refractivity contribution in [1.82, 2.24) is 9.78 Å². The fraction of sp³-hybridized carbons (Fsp3) is 0.0833. The molecule has 0 saturated heterocycles. The molecule has 9 heteroatoms. The molecule has 0 saturated carbocycles. The second kappa shape index (κ2) is 9.27. The van der Waals surface area contributed by atoms with E-state index >= 15 is 0 Å². The Morgan fingerprint density at radius 2 is 1.79 bits per heavy atom. The fourth-order valence-electron chi connectivity index (χ4n) is 3.41. The molecular weight excluding hydrogens is 440 g/mol. The van der Waals surface area contributed by atoms with E-state index in [2.05, 4.69) is 10.4 Å². The number of hydrogen-bond acceptors (Lipinski definition) is 5. The monoisotopic (exact) mass is 462 g/mol. The van der Waals surface area contributed by atoms with E-state index in [0.29, 0.717) is 28.3 Å². The first-order valence-corrected chi connectivity index (χ1v) is 11.7.